The van der Waals surface area contributed by atoms with Crippen LogP contribution in [-0.2, 0) is 9.47 Å². The molecule has 15 heavy (non-hydrogen) atoms. The van der Waals surface area contributed by atoms with E-state index in [4.69, 9.17) is 9.47 Å². The molecule has 2 aliphatic rings. The zero-order valence-corrected chi connectivity index (χ0v) is 9.36. The van der Waals surface area contributed by atoms with Crippen molar-refractivity contribution in [2.24, 2.45) is 0 Å². The number of nitrogens with zero attached hydrogens (tertiary/aromatic N) is 1. The Morgan fingerprint density at radius 3 is 2.87 bits per heavy atom. The van der Waals surface area contributed by atoms with Crippen LogP contribution in [0, 0.1) is 0 Å². The monoisotopic (exact) mass is 211 g/mol. The third-order valence-corrected chi connectivity index (χ3v) is 3.33. The lowest BCUT2D eigenvalue weighted by molar-refractivity contribution is 0.0302. The Labute approximate surface area is 92.0 Å². The van der Waals surface area contributed by atoms with Gasteiger partial charge in [0.1, 0.15) is 0 Å². The summed E-state index contributed by atoms with van der Waals surface area (Å²) in [6.45, 7) is 8.50. The van der Waals surface area contributed by atoms with E-state index in [9.17, 15) is 0 Å². The lowest BCUT2D eigenvalue weighted by Crippen LogP contribution is -2.38. The summed E-state index contributed by atoms with van der Waals surface area (Å²) in [4.78, 5) is 2.57. The van der Waals surface area contributed by atoms with Gasteiger partial charge >= 0.3 is 0 Å². The predicted octanol–water partition coefficient (Wildman–Crippen LogP) is 1.44. The topological polar surface area (TPSA) is 21.7 Å². The Balaban J connectivity index is 1.73. The van der Waals surface area contributed by atoms with Gasteiger partial charge in [0.2, 0.25) is 0 Å². The second-order valence-corrected chi connectivity index (χ2v) is 4.37. The van der Waals surface area contributed by atoms with Crippen LogP contribution >= 0.6 is 0 Å². The Kier molecular flexibility index (Phi) is 4.18. The Hall–Kier alpha value is -0.380. The summed E-state index contributed by atoms with van der Waals surface area (Å²) in [7, 11) is 0. The minimum Gasteiger partial charge on any atom is -0.381 e. The van der Waals surface area contributed by atoms with Crippen LogP contribution < -0.4 is 0 Å². The van der Waals surface area contributed by atoms with Crippen molar-refractivity contribution in [2.45, 2.75) is 31.4 Å². The van der Waals surface area contributed by atoms with Crippen LogP contribution in [0.15, 0.2) is 12.7 Å². The average Bonchev–Trinajstić information content (AvgIpc) is 2.76. The van der Waals surface area contributed by atoms with Crippen LogP contribution in [0.4, 0.5) is 0 Å². The van der Waals surface area contributed by atoms with Crippen LogP contribution in [-0.4, -0.2) is 50.0 Å². The Morgan fingerprint density at radius 1 is 1.33 bits per heavy atom. The number of likely N-dealkylation sites (tertiary alicyclic amines) is 1. The molecule has 0 radical (unpaired) electrons. The number of hydrogen-bond acceptors (Lipinski definition) is 3. The first-order chi connectivity index (χ1) is 7.40. The van der Waals surface area contributed by atoms with E-state index >= 15 is 0 Å². The molecule has 2 heterocycles. The van der Waals surface area contributed by atoms with E-state index in [1.807, 2.05) is 6.08 Å². The van der Waals surface area contributed by atoms with Crippen LogP contribution in [0.25, 0.3) is 0 Å². The van der Waals surface area contributed by atoms with Gasteiger partial charge in [0, 0.05) is 32.3 Å². The van der Waals surface area contributed by atoms with Gasteiger partial charge in [0.15, 0.2) is 0 Å². The van der Waals surface area contributed by atoms with Crippen LogP contribution in [0.2, 0.25) is 0 Å². The van der Waals surface area contributed by atoms with Gasteiger partial charge in [0.05, 0.1) is 12.7 Å². The van der Waals surface area contributed by atoms with E-state index in [0.717, 1.165) is 25.8 Å². The molecule has 3 heteroatoms. The molecule has 86 valence electrons. The lowest BCUT2D eigenvalue weighted by atomic mass is 10.1. The molecule has 2 fully saturated rings. The fraction of sp³-hybridized carbons (Fsp3) is 0.833. The molecule has 3 nitrogen and oxygen atoms in total. The molecule has 2 rings (SSSR count). The molecule has 0 amide bonds. The molecular weight excluding hydrogens is 190 g/mol. The van der Waals surface area contributed by atoms with E-state index in [-0.39, 0.29) is 0 Å². The van der Waals surface area contributed by atoms with Gasteiger partial charge < -0.3 is 9.47 Å². The molecule has 0 saturated carbocycles. The standard InChI is InChI=1S/C12H21NO2/c1-2-7-15-12-3-6-13(10-12)11-4-8-14-9-5-11/h2,11-12H,1,3-10H2/t12-/m1/s1. The molecular formula is C12H21NO2. The van der Waals surface area contributed by atoms with Crippen molar-refractivity contribution in [3.63, 3.8) is 0 Å². The second-order valence-electron chi connectivity index (χ2n) is 4.37. The number of ether oxygens (including phenoxy) is 2. The highest BCUT2D eigenvalue weighted by molar-refractivity contribution is 4.84. The largest absolute Gasteiger partial charge is 0.381 e. The summed E-state index contributed by atoms with van der Waals surface area (Å²) >= 11 is 0. The lowest BCUT2D eigenvalue weighted by Gasteiger charge is -2.30. The first-order valence-corrected chi connectivity index (χ1v) is 5.94. The van der Waals surface area contributed by atoms with Gasteiger partial charge in [-0.05, 0) is 19.3 Å². The fourth-order valence-corrected chi connectivity index (χ4v) is 2.48. The summed E-state index contributed by atoms with van der Waals surface area (Å²) in [6, 6.07) is 0.732. The van der Waals surface area contributed by atoms with Crippen molar-refractivity contribution >= 4 is 0 Å². The smallest absolute Gasteiger partial charge is 0.0718 e. The minimum absolute atomic E-state index is 0.422. The van der Waals surface area contributed by atoms with Crippen molar-refractivity contribution in [3.8, 4) is 0 Å². The molecule has 0 aromatic carbocycles. The van der Waals surface area contributed by atoms with Gasteiger partial charge in [-0.15, -0.1) is 6.58 Å². The quantitative estimate of drug-likeness (QED) is 0.657. The Bertz CT molecular complexity index is 202. The number of rotatable bonds is 4. The average molecular weight is 211 g/mol. The zero-order valence-electron chi connectivity index (χ0n) is 9.36. The van der Waals surface area contributed by atoms with Gasteiger partial charge in [-0.2, -0.15) is 0 Å². The number of hydrogen-bond donors (Lipinski definition) is 0. The first kappa shape index (κ1) is 11.1. The normalized spacial score (nSPS) is 29.5. The molecule has 0 aliphatic carbocycles. The molecule has 0 bridgehead atoms. The molecule has 2 aliphatic heterocycles. The van der Waals surface area contributed by atoms with E-state index in [0.29, 0.717) is 12.7 Å². The molecule has 0 N–H and O–H groups in total. The van der Waals surface area contributed by atoms with Crippen LogP contribution in [0.5, 0.6) is 0 Å². The second kappa shape index (κ2) is 5.64. The molecule has 0 spiro atoms. The van der Waals surface area contributed by atoms with Gasteiger partial charge in [0.25, 0.3) is 0 Å². The van der Waals surface area contributed by atoms with Crippen LogP contribution in [0.3, 0.4) is 0 Å². The molecule has 2 saturated heterocycles. The molecule has 0 aromatic heterocycles. The summed E-state index contributed by atoms with van der Waals surface area (Å²) in [5, 5.41) is 0. The summed E-state index contributed by atoms with van der Waals surface area (Å²) < 4.78 is 11.1. The van der Waals surface area contributed by atoms with Crippen molar-refractivity contribution in [2.75, 3.05) is 32.9 Å². The highest BCUT2D eigenvalue weighted by atomic mass is 16.5. The summed E-state index contributed by atoms with van der Waals surface area (Å²) in [5.74, 6) is 0. The highest BCUT2D eigenvalue weighted by Crippen LogP contribution is 2.21. The van der Waals surface area contributed by atoms with Crippen LogP contribution in [0.1, 0.15) is 19.3 Å². The van der Waals surface area contributed by atoms with E-state index < -0.39 is 0 Å². The molecule has 1 atom stereocenters. The van der Waals surface area contributed by atoms with Gasteiger partial charge in [-0.1, -0.05) is 6.08 Å². The predicted molar refractivity (Wildman–Crippen MR) is 60.0 cm³/mol. The van der Waals surface area contributed by atoms with Crippen molar-refractivity contribution in [3.05, 3.63) is 12.7 Å². The van der Waals surface area contributed by atoms with E-state index in [1.165, 1.54) is 25.8 Å². The van der Waals surface area contributed by atoms with Crippen molar-refractivity contribution in [1.29, 1.82) is 0 Å². The third kappa shape index (κ3) is 3.03. The maximum atomic E-state index is 5.68. The van der Waals surface area contributed by atoms with Crippen molar-refractivity contribution in [1.82, 2.24) is 4.90 Å². The minimum atomic E-state index is 0.422. The fourth-order valence-electron chi connectivity index (χ4n) is 2.48. The van der Waals surface area contributed by atoms with E-state index in [2.05, 4.69) is 11.5 Å². The molecule has 0 unspecified atom stereocenters. The third-order valence-electron chi connectivity index (χ3n) is 3.33. The summed E-state index contributed by atoms with van der Waals surface area (Å²) in [5.41, 5.74) is 0. The highest BCUT2D eigenvalue weighted by Gasteiger charge is 2.29. The molecule has 0 aromatic rings. The SMILES string of the molecule is C=CCO[C@@H]1CCN(C2CCOCC2)C1. The maximum Gasteiger partial charge on any atom is 0.0718 e. The van der Waals surface area contributed by atoms with Gasteiger partial charge in [-0.3, -0.25) is 4.90 Å². The zero-order chi connectivity index (χ0) is 10.5. The first-order valence-electron chi connectivity index (χ1n) is 5.94. The van der Waals surface area contributed by atoms with Gasteiger partial charge in [-0.25, -0.2) is 0 Å². The summed E-state index contributed by atoms with van der Waals surface area (Å²) in [6.07, 6.45) is 5.80. The maximum absolute atomic E-state index is 5.68. The van der Waals surface area contributed by atoms with Crippen molar-refractivity contribution < 1.29 is 9.47 Å². The Morgan fingerprint density at radius 2 is 2.13 bits per heavy atom. The van der Waals surface area contributed by atoms with E-state index in [1.54, 1.807) is 0 Å².